The van der Waals surface area contributed by atoms with Crippen LogP contribution in [0.5, 0.6) is 0 Å². The number of nitrogens with one attached hydrogen (secondary N) is 1. The third-order valence-electron chi connectivity index (χ3n) is 4.62. The number of aliphatic imine (C=N–C) groups is 1. The summed E-state index contributed by atoms with van der Waals surface area (Å²) in [6.45, 7) is 13.4. The van der Waals surface area contributed by atoms with Crippen molar-refractivity contribution in [1.82, 2.24) is 15.1 Å². The van der Waals surface area contributed by atoms with E-state index in [-0.39, 0.29) is 28.7 Å². The molecule has 22 heavy (non-hydrogen) atoms. The quantitative estimate of drug-likeness (QED) is 0.405. The lowest BCUT2D eigenvalue weighted by atomic mass is 10.2. The Hall–Kier alpha value is 0.310. The summed E-state index contributed by atoms with van der Waals surface area (Å²) in [7, 11) is 0. The molecule has 0 radical (unpaired) electrons. The first-order valence-corrected chi connectivity index (χ1v) is 9.60. The Morgan fingerprint density at radius 2 is 1.95 bits per heavy atom. The van der Waals surface area contributed by atoms with Crippen LogP contribution in [0.25, 0.3) is 0 Å². The molecule has 2 fully saturated rings. The number of likely N-dealkylation sites (tertiary alicyclic amines) is 2. The zero-order valence-corrected chi connectivity index (χ0v) is 17.7. The summed E-state index contributed by atoms with van der Waals surface area (Å²) in [4.78, 5) is 10.0. The van der Waals surface area contributed by atoms with Gasteiger partial charge in [0, 0.05) is 30.4 Å². The Morgan fingerprint density at radius 1 is 1.27 bits per heavy atom. The molecule has 2 aliphatic heterocycles. The van der Waals surface area contributed by atoms with Crippen LogP contribution in [0.4, 0.5) is 0 Å². The molecule has 0 aromatic carbocycles. The first-order valence-electron chi connectivity index (χ1n) is 8.38. The number of rotatable bonds is 5. The van der Waals surface area contributed by atoms with Gasteiger partial charge in [-0.25, -0.2) is 0 Å². The smallest absolute Gasteiger partial charge is 0.194 e. The molecule has 0 bridgehead atoms. The lowest BCUT2D eigenvalue weighted by Gasteiger charge is -2.26. The fourth-order valence-electron chi connectivity index (χ4n) is 3.09. The van der Waals surface area contributed by atoms with E-state index < -0.39 is 0 Å². The van der Waals surface area contributed by atoms with Crippen molar-refractivity contribution in [2.45, 2.75) is 50.8 Å². The van der Waals surface area contributed by atoms with E-state index in [1.165, 1.54) is 32.4 Å². The Labute approximate surface area is 157 Å². The molecule has 1 atom stereocenters. The number of thioether (sulfide) groups is 1. The predicted molar refractivity (Wildman–Crippen MR) is 110 cm³/mol. The third-order valence-corrected chi connectivity index (χ3v) is 5.85. The van der Waals surface area contributed by atoms with Gasteiger partial charge in [-0.15, -0.1) is 24.0 Å². The van der Waals surface area contributed by atoms with Crippen LogP contribution in [0.2, 0.25) is 0 Å². The summed E-state index contributed by atoms with van der Waals surface area (Å²) in [6, 6.07) is 0.741. The van der Waals surface area contributed by atoms with Crippen molar-refractivity contribution >= 4 is 41.7 Å². The standard InChI is InChI=1S/C16H32N4S.HI/c1-5-17-15(18-13-16(2,3)21-4)20-11-8-14(12-20)19-9-6-7-10-19;/h14H,5-13H2,1-4H3,(H,17,18);1H. The van der Waals surface area contributed by atoms with Crippen molar-refractivity contribution in [3.05, 3.63) is 0 Å². The van der Waals surface area contributed by atoms with Crippen LogP contribution in [0.15, 0.2) is 4.99 Å². The molecule has 2 rings (SSSR count). The summed E-state index contributed by atoms with van der Waals surface area (Å²) in [5, 5.41) is 3.48. The zero-order chi connectivity index (χ0) is 15.3. The average molecular weight is 440 g/mol. The minimum Gasteiger partial charge on any atom is -0.357 e. The molecule has 2 heterocycles. The van der Waals surface area contributed by atoms with Gasteiger partial charge in [-0.2, -0.15) is 11.8 Å². The van der Waals surface area contributed by atoms with Gasteiger partial charge in [0.05, 0.1) is 6.54 Å². The summed E-state index contributed by atoms with van der Waals surface area (Å²) in [5.74, 6) is 1.11. The lowest BCUT2D eigenvalue weighted by molar-refractivity contribution is 0.249. The van der Waals surface area contributed by atoms with Crippen molar-refractivity contribution < 1.29 is 0 Å². The average Bonchev–Trinajstić information content (AvgIpc) is 3.13. The van der Waals surface area contributed by atoms with Crippen molar-refractivity contribution in [2.24, 2.45) is 4.99 Å². The normalized spacial score (nSPS) is 23.7. The van der Waals surface area contributed by atoms with E-state index in [9.17, 15) is 0 Å². The molecule has 0 aliphatic carbocycles. The molecule has 0 saturated carbocycles. The van der Waals surface area contributed by atoms with Gasteiger partial charge in [0.2, 0.25) is 0 Å². The van der Waals surface area contributed by atoms with Gasteiger partial charge in [-0.1, -0.05) is 0 Å². The lowest BCUT2D eigenvalue weighted by Crippen LogP contribution is -2.43. The van der Waals surface area contributed by atoms with E-state index in [2.05, 4.69) is 42.1 Å². The Morgan fingerprint density at radius 3 is 2.55 bits per heavy atom. The number of nitrogens with zero attached hydrogens (tertiary/aromatic N) is 3. The second-order valence-electron chi connectivity index (χ2n) is 6.77. The van der Waals surface area contributed by atoms with Crippen LogP contribution >= 0.6 is 35.7 Å². The van der Waals surface area contributed by atoms with Crippen molar-refractivity contribution in [2.75, 3.05) is 45.5 Å². The molecule has 1 N–H and O–H groups in total. The molecular formula is C16H33IN4S. The maximum Gasteiger partial charge on any atom is 0.194 e. The van der Waals surface area contributed by atoms with Crippen LogP contribution in [-0.4, -0.2) is 72.1 Å². The highest BCUT2D eigenvalue weighted by Gasteiger charge is 2.30. The topological polar surface area (TPSA) is 30.9 Å². The molecule has 0 aromatic heterocycles. The maximum atomic E-state index is 4.89. The van der Waals surface area contributed by atoms with Crippen LogP contribution in [-0.2, 0) is 0 Å². The first kappa shape index (κ1) is 20.4. The number of hydrogen-bond donors (Lipinski definition) is 1. The molecule has 4 nitrogen and oxygen atoms in total. The first-order chi connectivity index (χ1) is 10.1. The SMILES string of the molecule is CCNC(=NCC(C)(C)SC)N1CCC(N2CCCC2)C1.I. The van der Waals surface area contributed by atoms with Crippen LogP contribution in [0.3, 0.4) is 0 Å². The second-order valence-corrected chi connectivity index (χ2v) is 8.28. The highest BCUT2D eigenvalue weighted by atomic mass is 127. The molecule has 2 aliphatic rings. The summed E-state index contributed by atoms with van der Waals surface area (Å²) < 4.78 is 0.217. The van der Waals surface area contributed by atoms with Gasteiger partial charge in [0.15, 0.2) is 5.96 Å². The van der Waals surface area contributed by atoms with E-state index in [0.717, 1.165) is 38.2 Å². The minimum absolute atomic E-state index is 0. The molecular weight excluding hydrogens is 407 g/mol. The summed E-state index contributed by atoms with van der Waals surface area (Å²) in [6.07, 6.45) is 6.22. The second kappa shape index (κ2) is 9.57. The predicted octanol–water partition coefficient (Wildman–Crippen LogP) is 2.88. The highest BCUT2D eigenvalue weighted by molar-refractivity contribution is 14.0. The van der Waals surface area contributed by atoms with Gasteiger partial charge in [0.25, 0.3) is 0 Å². The minimum atomic E-state index is 0. The van der Waals surface area contributed by atoms with Crippen molar-refractivity contribution in [1.29, 1.82) is 0 Å². The monoisotopic (exact) mass is 440 g/mol. The third kappa shape index (κ3) is 5.74. The van der Waals surface area contributed by atoms with E-state index in [4.69, 9.17) is 4.99 Å². The number of guanidine groups is 1. The maximum absolute atomic E-state index is 4.89. The molecule has 130 valence electrons. The van der Waals surface area contributed by atoms with Gasteiger partial charge < -0.3 is 10.2 Å². The summed E-state index contributed by atoms with van der Waals surface area (Å²) >= 11 is 1.89. The molecule has 0 aromatic rings. The summed E-state index contributed by atoms with van der Waals surface area (Å²) in [5.41, 5.74) is 0. The zero-order valence-electron chi connectivity index (χ0n) is 14.6. The van der Waals surface area contributed by atoms with E-state index in [1.807, 2.05) is 11.8 Å². The fraction of sp³-hybridized carbons (Fsp3) is 0.938. The van der Waals surface area contributed by atoms with Gasteiger partial charge in [0.1, 0.15) is 0 Å². The molecule has 2 saturated heterocycles. The number of halogens is 1. The van der Waals surface area contributed by atoms with E-state index >= 15 is 0 Å². The molecule has 1 unspecified atom stereocenters. The van der Waals surface area contributed by atoms with E-state index in [0.29, 0.717) is 0 Å². The van der Waals surface area contributed by atoms with Crippen LogP contribution in [0.1, 0.15) is 40.0 Å². The van der Waals surface area contributed by atoms with Crippen molar-refractivity contribution in [3.8, 4) is 0 Å². The molecule has 6 heteroatoms. The fourth-order valence-corrected chi connectivity index (χ4v) is 3.29. The Kier molecular flexibility index (Phi) is 8.85. The van der Waals surface area contributed by atoms with Gasteiger partial charge in [-0.3, -0.25) is 9.89 Å². The van der Waals surface area contributed by atoms with E-state index in [1.54, 1.807) is 0 Å². The highest BCUT2D eigenvalue weighted by Crippen LogP contribution is 2.23. The Balaban J connectivity index is 0.00000242. The van der Waals surface area contributed by atoms with Gasteiger partial charge >= 0.3 is 0 Å². The van der Waals surface area contributed by atoms with Crippen LogP contribution < -0.4 is 5.32 Å². The molecule has 0 spiro atoms. The number of hydrogen-bond acceptors (Lipinski definition) is 3. The largest absolute Gasteiger partial charge is 0.357 e. The Bertz CT molecular complexity index is 356. The van der Waals surface area contributed by atoms with Crippen molar-refractivity contribution in [3.63, 3.8) is 0 Å². The molecule has 0 amide bonds. The van der Waals surface area contributed by atoms with Crippen LogP contribution in [0, 0.1) is 0 Å². The van der Waals surface area contributed by atoms with Gasteiger partial charge in [-0.05, 0) is 59.4 Å².